The average molecular weight is 362 g/mol. The van der Waals surface area contributed by atoms with Crippen LogP contribution < -0.4 is 9.47 Å². The van der Waals surface area contributed by atoms with E-state index >= 15 is 0 Å². The second kappa shape index (κ2) is 8.55. The zero-order chi connectivity index (χ0) is 18.4. The number of methoxy groups -OCH3 is 2. The molecule has 25 heavy (non-hydrogen) atoms. The molecule has 0 aromatic heterocycles. The number of likely N-dealkylation sites (N-methyl/N-ethyl adjacent to an activating group) is 1. The topological polar surface area (TPSA) is 48.0 Å². The summed E-state index contributed by atoms with van der Waals surface area (Å²) in [4.78, 5) is 17.3. The Morgan fingerprint density at radius 2 is 1.56 bits per heavy atom. The van der Waals surface area contributed by atoms with Gasteiger partial charge >= 0.3 is 0 Å². The van der Waals surface area contributed by atoms with Gasteiger partial charge in [-0.2, -0.15) is 0 Å². The normalized spacial score (nSPS) is 11.2. The fourth-order valence-corrected chi connectivity index (χ4v) is 2.40. The minimum atomic E-state index is -0.290. The molecule has 0 saturated heterocycles. The number of rotatable bonds is 6. The highest BCUT2D eigenvalue weighted by Gasteiger charge is 2.13. The van der Waals surface area contributed by atoms with Crippen molar-refractivity contribution < 1.29 is 19.1 Å². The summed E-state index contributed by atoms with van der Waals surface area (Å²) >= 11 is 5.98. The van der Waals surface area contributed by atoms with Crippen LogP contribution in [0, 0.1) is 0 Å². The van der Waals surface area contributed by atoms with Crippen LogP contribution in [0.3, 0.4) is 0 Å². The van der Waals surface area contributed by atoms with Gasteiger partial charge in [-0.05, 0) is 41.0 Å². The fraction of sp³-hybridized carbons (Fsp3) is 0.211. The molecule has 6 heteroatoms. The number of halogens is 1. The lowest BCUT2D eigenvalue weighted by Crippen LogP contribution is -2.23. The molecule has 5 nitrogen and oxygen atoms in total. The first-order chi connectivity index (χ1) is 12.0. The smallest absolute Gasteiger partial charge is 0.270 e. The van der Waals surface area contributed by atoms with Gasteiger partial charge < -0.3 is 9.47 Å². The lowest BCUT2D eigenvalue weighted by molar-refractivity contribution is -0.162. The molecule has 2 rings (SSSR count). The number of carbonyl (C=O) groups excluding carboxylic acids is 1. The Morgan fingerprint density at radius 1 is 0.960 bits per heavy atom. The molecule has 0 fully saturated rings. The van der Waals surface area contributed by atoms with Gasteiger partial charge in [0.15, 0.2) is 11.5 Å². The summed E-state index contributed by atoms with van der Waals surface area (Å²) in [6.07, 6.45) is 1.51. The van der Waals surface area contributed by atoms with E-state index in [-0.39, 0.29) is 5.91 Å². The Balaban J connectivity index is 2.57. The van der Waals surface area contributed by atoms with E-state index < -0.39 is 0 Å². The van der Waals surface area contributed by atoms with Crippen molar-refractivity contribution >= 4 is 23.1 Å². The number of nitrogens with zero attached hydrogens (tertiary/aromatic N) is 1. The van der Waals surface area contributed by atoms with Crippen LogP contribution in [0.4, 0.5) is 0 Å². The monoisotopic (exact) mass is 361 g/mol. The summed E-state index contributed by atoms with van der Waals surface area (Å²) in [5, 5.41) is 1.77. The summed E-state index contributed by atoms with van der Waals surface area (Å²) < 4.78 is 10.6. The minimum absolute atomic E-state index is 0.290. The van der Waals surface area contributed by atoms with E-state index in [0.29, 0.717) is 22.1 Å². The van der Waals surface area contributed by atoms with Gasteiger partial charge in [0, 0.05) is 18.1 Å². The highest BCUT2D eigenvalue weighted by Crippen LogP contribution is 2.33. The van der Waals surface area contributed by atoms with E-state index in [1.165, 1.54) is 13.2 Å². The van der Waals surface area contributed by atoms with Gasteiger partial charge in [-0.15, -0.1) is 0 Å². The van der Waals surface area contributed by atoms with Crippen molar-refractivity contribution in [3.63, 3.8) is 0 Å². The molecule has 1 amide bonds. The number of ether oxygens (including phenoxy) is 2. The van der Waals surface area contributed by atoms with Crippen LogP contribution in [-0.4, -0.2) is 39.3 Å². The molecular weight excluding hydrogens is 342 g/mol. The molecule has 0 unspecified atom stereocenters. The Morgan fingerprint density at radius 3 is 2.12 bits per heavy atom. The van der Waals surface area contributed by atoms with Crippen molar-refractivity contribution in [1.29, 1.82) is 0 Å². The first kappa shape index (κ1) is 18.8. The maximum absolute atomic E-state index is 12.3. The highest BCUT2D eigenvalue weighted by molar-refractivity contribution is 6.30. The average Bonchev–Trinajstić information content (AvgIpc) is 2.65. The number of hydrogen-bond acceptors (Lipinski definition) is 4. The van der Waals surface area contributed by atoms with Crippen LogP contribution in [0.1, 0.15) is 11.1 Å². The van der Waals surface area contributed by atoms with Crippen molar-refractivity contribution in [2.45, 2.75) is 0 Å². The highest BCUT2D eigenvalue weighted by atomic mass is 35.5. The third-order valence-corrected chi connectivity index (χ3v) is 3.95. The van der Waals surface area contributed by atoms with Gasteiger partial charge in [0.25, 0.3) is 5.91 Å². The molecule has 0 aliphatic heterocycles. The van der Waals surface area contributed by atoms with Crippen LogP contribution in [0.2, 0.25) is 5.02 Å². The van der Waals surface area contributed by atoms with E-state index in [1.54, 1.807) is 39.5 Å². The van der Waals surface area contributed by atoms with Crippen molar-refractivity contribution in [2.24, 2.45) is 0 Å². The number of carbonyl (C=O) groups is 1. The predicted octanol–water partition coefficient (Wildman–Crippen LogP) is 3.81. The van der Waals surface area contributed by atoms with Crippen LogP contribution in [0.15, 0.2) is 48.5 Å². The first-order valence-corrected chi connectivity index (χ1v) is 7.89. The third-order valence-electron chi connectivity index (χ3n) is 3.70. The van der Waals surface area contributed by atoms with Gasteiger partial charge in [0.2, 0.25) is 0 Å². The number of hydrogen-bond donors (Lipinski definition) is 0. The van der Waals surface area contributed by atoms with E-state index in [2.05, 4.69) is 0 Å². The van der Waals surface area contributed by atoms with Crippen molar-refractivity contribution in [1.82, 2.24) is 5.06 Å². The Bertz CT molecular complexity index is 771. The quantitative estimate of drug-likeness (QED) is 0.580. The molecule has 0 atom stereocenters. The number of hydroxylamine groups is 2. The number of benzene rings is 2. The molecule has 0 bridgehead atoms. The molecule has 0 spiro atoms. The Kier molecular flexibility index (Phi) is 6.44. The summed E-state index contributed by atoms with van der Waals surface area (Å²) in [7, 11) is 6.12. The zero-order valence-electron chi connectivity index (χ0n) is 14.6. The van der Waals surface area contributed by atoms with Crippen LogP contribution >= 0.6 is 11.6 Å². The van der Waals surface area contributed by atoms with E-state index in [4.69, 9.17) is 25.9 Å². The van der Waals surface area contributed by atoms with E-state index in [0.717, 1.165) is 16.2 Å². The lowest BCUT2D eigenvalue weighted by atomic mass is 9.97. The Hall–Kier alpha value is -2.50. The summed E-state index contributed by atoms with van der Waals surface area (Å²) in [5.41, 5.74) is 2.36. The SMILES string of the molecule is COc1ccc(/C(=C\C(=O)N(C)OC)c2ccc(Cl)cc2)cc1OC. The standard InChI is InChI=1S/C19H20ClNO4/c1-21(25-4)19(22)12-16(13-5-8-15(20)9-6-13)14-7-10-17(23-2)18(11-14)24-3/h5-12H,1-4H3/b16-12-. The molecule has 0 saturated carbocycles. The van der Waals surface area contributed by atoms with Crippen molar-refractivity contribution in [3.05, 3.63) is 64.7 Å². The molecule has 0 N–H and O–H groups in total. The van der Waals surface area contributed by atoms with Gasteiger partial charge in [-0.25, -0.2) is 5.06 Å². The number of amides is 1. The molecule has 2 aromatic rings. The second-order valence-corrected chi connectivity index (χ2v) is 5.59. The van der Waals surface area contributed by atoms with Crippen LogP contribution in [0.5, 0.6) is 11.5 Å². The van der Waals surface area contributed by atoms with Crippen molar-refractivity contribution in [2.75, 3.05) is 28.4 Å². The van der Waals surface area contributed by atoms with E-state index in [1.807, 2.05) is 24.3 Å². The molecule has 0 heterocycles. The lowest BCUT2D eigenvalue weighted by Gasteiger charge is -2.15. The van der Waals surface area contributed by atoms with Gasteiger partial charge in [0.1, 0.15) is 0 Å². The second-order valence-electron chi connectivity index (χ2n) is 5.15. The van der Waals surface area contributed by atoms with Crippen LogP contribution in [-0.2, 0) is 9.63 Å². The van der Waals surface area contributed by atoms with Crippen LogP contribution in [0.25, 0.3) is 5.57 Å². The first-order valence-electron chi connectivity index (χ1n) is 7.52. The van der Waals surface area contributed by atoms with Gasteiger partial charge in [-0.1, -0.05) is 29.8 Å². The minimum Gasteiger partial charge on any atom is -0.493 e. The zero-order valence-corrected chi connectivity index (χ0v) is 15.3. The van der Waals surface area contributed by atoms with Gasteiger partial charge in [0.05, 0.1) is 21.3 Å². The third kappa shape index (κ3) is 4.53. The molecule has 0 radical (unpaired) electrons. The maximum Gasteiger partial charge on any atom is 0.270 e. The summed E-state index contributed by atoms with van der Waals surface area (Å²) in [5.74, 6) is 0.900. The maximum atomic E-state index is 12.3. The van der Waals surface area contributed by atoms with Crippen molar-refractivity contribution in [3.8, 4) is 11.5 Å². The fourth-order valence-electron chi connectivity index (χ4n) is 2.27. The molecule has 132 valence electrons. The summed E-state index contributed by atoms with van der Waals surface area (Å²) in [6, 6.07) is 12.7. The predicted molar refractivity (Wildman–Crippen MR) is 97.9 cm³/mol. The molecule has 0 aliphatic rings. The molecule has 2 aromatic carbocycles. The largest absolute Gasteiger partial charge is 0.493 e. The summed E-state index contributed by atoms with van der Waals surface area (Å²) in [6.45, 7) is 0. The van der Waals surface area contributed by atoms with E-state index in [9.17, 15) is 4.79 Å². The Labute approximate surface area is 152 Å². The molecule has 0 aliphatic carbocycles. The molecular formula is C19H20ClNO4. The van der Waals surface area contributed by atoms with Gasteiger partial charge in [-0.3, -0.25) is 9.63 Å².